The van der Waals surface area contributed by atoms with Crippen molar-refractivity contribution in [2.24, 2.45) is 0 Å². The average Bonchev–Trinajstić information content (AvgIpc) is 3.80. The van der Waals surface area contributed by atoms with Crippen molar-refractivity contribution >= 4 is 11.4 Å². The standard InChI is InChI=1S/C17H17N3.C17H14.C3H7N3.C3H4.HN3/c1-11-10-12-6-2-3-8-14(12)16-17(19-20-18-16)15-9-5-4-7-13(11)15;1-13-12-16-8-3-2-6-14(16)10-11-15-7-4-5-9-17(13)15;1-3-2-4-6-5-3;2*1-3-2/h2-9,11,18-20H,10H2,1H3;2-9,13H,12H2,1H3;2,4-6H,1H3;1H,2H3;1H. The Bertz CT molecular complexity index is 1930. The van der Waals surface area contributed by atoms with Crippen LogP contribution < -0.4 is 32.8 Å². The number of nitrogens with one attached hydrogen (secondary N) is 7. The molecule has 0 spiro atoms. The minimum absolute atomic E-state index is 0.504. The van der Waals surface area contributed by atoms with Crippen LogP contribution in [0.3, 0.4) is 0 Å². The van der Waals surface area contributed by atoms with Crippen LogP contribution in [0.4, 0.5) is 0 Å². The number of nitrogens with zero attached hydrogens (tertiary/aromatic N) is 2. The zero-order chi connectivity index (χ0) is 35.0. The Hall–Kier alpha value is -6.09. The Balaban J connectivity index is 0.000000168. The summed E-state index contributed by atoms with van der Waals surface area (Å²) in [6.45, 7) is 8.20. The number of rotatable bonds is 0. The highest BCUT2D eigenvalue weighted by Gasteiger charge is 2.25. The molecule has 2 heterocycles. The highest BCUT2D eigenvalue weighted by atomic mass is 15.6. The van der Waals surface area contributed by atoms with Crippen LogP contribution in [-0.4, -0.2) is 0 Å². The molecule has 0 amide bonds. The van der Waals surface area contributed by atoms with Crippen LogP contribution in [-0.2, 0) is 12.8 Å². The fourth-order valence-electron chi connectivity index (χ4n) is 5.97. The van der Waals surface area contributed by atoms with E-state index in [1.165, 1.54) is 44.5 Å². The van der Waals surface area contributed by atoms with Crippen LogP contribution in [0.5, 0.6) is 0 Å². The maximum absolute atomic E-state index is 6.86. The quantitative estimate of drug-likeness (QED) is 0.0457. The molecular formula is C40H43N9. The second-order valence-corrected chi connectivity index (χ2v) is 11.7. The van der Waals surface area contributed by atoms with Gasteiger partial charge < -0.3 is 21.7 Å². The van der Waals surface area contributed by atoms with Crippen molar-refractivity contribution in [1.82, 2.24) is 32.8 Å². The number of hydrogen-bond acceptors (Lipinski definition) is 7. The second kappa shape index (κ2) is 18.3. The summed E-state index contributed by atoms with van der Waals surface area (Å²) >= 11 is 0. The van der Waals surface area contributed by atoms with Crippen LogP contribution >= 0.6 is 0 Å². The Morgan fingerprint density at radius 3 is 1.84 bits per heavy atom. The maximum atomic E-state index is 6.86. The van der Waals surface area contributed by atoms with E-state index < -0.39 is 0 Å². The fourth-order valence-corrected chi connectivity index (χ4v) is 5.97. The molecule has 2 aliphatic carbocycles. The highest BCUT2D eigenvalue weighted by Crippen LogP contribution is 2.36. The van der Waals surface area contributed by atoms with Gasteiger partial charge in [0.25, 0.3) is 0 Å². The van der Waals surface area contributed by atoms with Crippen LogP contribution in [0, 0.1) is 29.7 Å². The predicted octanol–water partition coefficient (Wildman–Crippen LogP) is 7.51. The van der Waals surface area contributed by atoms with Crippen LogP contribution in [0.1, 0.15) is 84.0 Å². The zero-order valence-corrected chi connectivity index (χ0v) is 28.4. The molecule has 0 bridgehead atoms. The lowest BCUT2D eigenvalue weighted by Crippen LogP contribution is -2.32. The smallest absolute Gasteiger partial charge is 0.0832 e. The summed E-state index contributed by atoms with van der Waals surface area (Å²) in [6.07, 6.45) is 8.58. The molecule has 8 rings (SSSR count). The van der Waals surface area contributed by atoms with Gasteiger partial charge >= 0.3 is 0 Å². The lowest BCUT2D eigenvalue weighted by atomic mass is 9.84. The van der Waals surface area contributed by atoms with Crippen molar-refractivity contribution < 1.29 is 0 Å². The minimum atomic E-state index is 0.504. The zero-order valence-electron chi connectivity index (χ0n) is 28.4. The summed E-state index contributed by atoms with van der Waals surface area (Å²) in [5.41, 5.74) is 43.9. The molecule has 4 aliphatic rings. The SMILES string of the molecule is C#CC.CC1=CNNN1.CC1Cc2ccccc2C#Cc2ccccc21.CC1Cc2ccccc2C2=C(NNN2)c2ccccc21.[N-]=[N+]=N. The van der Waals surface area contributed by atoms with Crippen molar-refractivity contribution in [3.05, 3.63) is 164 Å². The molecule has 0 radical (unpaired) electrons. The number of fused-ring (bicyclic) bond motifs is 6. The van der Waals surface area contributed by atoms with E-state index in [0.29, 0.717) is 11.8 Å². The number of hydrazine groups is 4. The molecule has 0 fully saturated rings. The topological polar surface area (TPSA) is 132 Å². The molecule has 0 saturated carbocycles. The minimum Gasteiger partial charge on any atom is -0.310 e. The normalized spacial score (nSPS) is 16.6. The van der Waals surface area contributed by atoms with Gasteiger partial charge in [-0.05, 0) is 83.4 Å². The number of benzene rings is 4. The summed E-state index contributed by atoms with van der Waals surface area (Å²) < 4.78 is 0. The van der Waals surface area contributed by atoms with Crippen molar-refractivity contribution in [1.29, 1.82) is 5.53 Å². The van der Waals surface area contributed by atoms with Gasteiger partial charge in [0.2, 0.25) is 0 Å². The summed E-state index contributed by atoms with van der Waals surface area (Å²) in [5.74, 6) is 9.88. The van der Waals surface area contributed by atoms with Gasteiger partial charge in [-0.2, -0.15) is 5.53 Å². The van der Waals surface area contributed by atoms with Gasteiger partial charge in [0.1, 0.15) is 0 Å². The summed E-state index contributed by atoms with van der Waals surface area (Å²) in [6, 6.07) is 34.2. The summed E-state index contributed by atoms with van der Waals surface area (Å²) in [5, 5.41) is 0. The van der Waals surface area contributed by atoms with E-state index in [0.717, 1.165) is 29.9 Å². The third kappa shape index (κ3) is 9.48. The molecule has 0 saturated heterocycles. The van der Waals surface area contributed by atoms with E-state index >= 15 is 0 Å². The first-order valence-electron chi connectivity index (χ1n) is 16.1. The van der Waals surface area contributed by atoms with E-state index in [4.69, 9.17) is 11.1 Å². The summed E-state index contributed by atoms with van der Waals surface area (Å²) in [4.78, 5) is 1.75. The first-order chi connectivity index (χ1) is 23.9. The lowest BCUT2D eigenvalue weighted by molar-refractivity contribution is 0.600. The van der Waals surface area contributed by atoms with E-state index in [9.17, 15) is 0 Å². The first kappa shape index (κ1) is 35.8. The molecule has 0 aromatic heterocycles. The third-order valence-electron chi connectivity index (χ3n) is 8.19. The molecule has 2 atom stereocenters. The van der Waals surface area contributed by atoms with Gasteiger partial charge in [0.15, 0.2) is 0 Å². The maximum Gasteiger partial charge on any atom is 0.0832 e. The monoisotopic (exact) mass is 649 g/mol. The molecule has 2 unspecified atom stereocenters. The molecule has 2 aliphatic heterocycles. The molecule has 7 N–H and O–H groups in total. The first-order valence-corrected chi connectivity index (χ1v) is 16.1. The van der Waals surface area contributed by atoms with Crippen molar-refractivity contribution in [2.45, 2.75) is 52.4 Å². The van der Waals surface area contributed by atoms with E-state index in [-0.39, 0.29) is 0 Å². The van der Waals surface area contributed by atoms with Crippen molar-refractivity contribution in [3.63, 3.8) is 0 Å². The fraction of sp³-hybridized carbons (Fsp3) is 0.200. The molecule has 9 heteroatoms. The van der Waals surface area contributed by atoms with Gasteiger partial charge in [0, 0.05) is 34.2 Å². The number of hydrogen-bond donors (Lipinski definition) is 7. The van der Waals surface area contributed by atoms with Gasteiger partial charge in [-0.1, -0.05) is 111 Å². The van der Waals surface area contributed by atoms with Crippen molar-refractivity contribution in [2.75, 3.05) is 0 Å². The Morgan fingerprint density at radius 1 is 0.714 bits per heavy atom. The molecule has 4 aromatic rings. The molecular weight excluding hydrogens is 607 g/mol. The Kier molecular flexibility index (Phi) is 13.4. The molecule has 9 nitrogen and oxygen atoms in total. The lowest BCUT2D eigenvalue weighted by Gasteiger charge is -2.22. The molecule has 4 aromatic carbocycles. The Morgan fingerprint density at radius 2 is 1.20 bits per heavy atom. The largest absolute Gasteiger partial charge is 0.310 e. The molecule has 248 valence electrons. The van der Waals surface area contributed by atoms with E-state index in [1.807, 2.05) is 13.1 Å². The van der Waals surface area contributed by atoms with E-state index in [1.54, 1.807) is 11.8 Å². The summed E-state index contributed by atoms with van der Waals surface area (Å²) in [7, 11) is 0. The number of terminal acetylenes is 1. The van der Waals surface area contributed by atoms with Gasteiger partial charge in [-0.15, -0.1) is 23.4 Å². The van der Waals surface area contributed by atoms with Crippen LogP contribution in [0.2, 0.25) is 0 Å². The van der Waals surface area contributed by atoms with Gasteiger partial charge in [-0.3, -0.25) is 0 Å². The van der Waals surface area contributed by atoms with Gasteiger partial charge in [-0.25, -0.2) is 0 Å². The predicted molar refractivity (Wildman–Crippen MR) is 199 cm³/mol. The third-order valence-corrected chi connectivity index (χ3v) is 8.19. The van der Waals surface area contributed by atoms with Crippen molar-refractivity contribution in [3.8, 4) is 24.2 Å². The van der Waals surface area contributed by atoms with E-state index in [2.05, 4.69) is 168 Å². The highest BCUT2D eigenvalue weighted by molar-refractivity contribution is 5.92. The average molecular weight is 650 g/mol. The number of allylic oxidation sites excluding steroid dienone is 1. The van der Waals surface area contributed by atoms with Gasteiger partial charge in [0.05, 0.1) is 11.4 Å². The second-order valence-electron chi connectivity index (χ2n) is 11.7. The van der Waals surface area contributed by atoms with Crippen LogP contribution in [0.15, 0.2) is 109 Å². The molecule has 49 heavy (non-hydrogen) atoms. The Labute approximate surface area is 289 Å². The van der Waals surface area contributed by atoms with Crippen LogP contribution in [0.25, 0.3) is 21.8 Å².